The van der Waals surface area contributed by atoms with Crippen molar-refractivity contribution in [2.75, 3.05) is 5.43 Å². The fourth-order valence-electron chi connectivity index (χ4n) is 2.40. The Morgan fingerprint density at radius 3 is 2.30 bits per heavy atom. The molecule has 0 saturated heterocycles. The number of hydrogen-bond acceptors (Lipinski definition) is 5. The quantitative estimate of drug-likeness (QED) is 0.230. The highest BCUT2D eigenvalue weighted by atomic mass is 16.3. The van der Waals surface area contributed by atoms with Crippen molar-refractivity contribution in [3.8, 4) is 5.75 Å². The van der Waals surface area contributed by atoms with Crippen molar-refractivity contribution in [3.05, 3.63) is 35.4 Å². The van der Waals surface area contributed by atoms with Gasteiger partial charge in [-0.3, -0.25) is 10.6 Å². The number of hydrogen-bond donors (Lipinski definition) is 4. The maximum absolute atomic E-state index is 11.7. The molecule has 1 aromatic carbocycles. The number of carbonyl (C=O) groups excluding carboxylic acids is 1. The molecule has 0 aliphatic heterocycles. The van der Waals surface area contributed by atoms with E-state index in [1.807, 2.05) is 60.6 Å². The molecular weight excluding hydrogens is 338 g/mol. The SMILES string of the molecule is C/C=C\C(=N)CC.CC(C)C(=O)CCc1cc(NN)c(O)c(C(C)(C)C)c1. The first-order chi connectivity index (χ1) is 12.5. The molecule has 0 aromatic heterocycles. The first-order valence-electron chi connectivity index (χ1n) is 9.53. The largest absolute Gasteiger partial charge is 0.505 e. The van der Waals surface area contributed by atoms with Crippen LogP contribution in [-0.4, -0.2) is 16.6 Å². The molecule has 5 heteroatoms. The molecular formula is C22H37N3O2. The molecule has 1 rings (SSSR count). The number of hydrazine groups is 1. The number of ketones is 1. The summed E-state index contributed by atoms with van der Waals surface area (Å²) in [5.41, 5.74) is 5.38. The van der Waals surface area contributed by atoms with Crippen molar-refractivity contribution in [1.82, 2.24) is 0 Å². The molecule has 0 aliphatic carbocycles. The first kappa shape index (κ1) is 24.9. The number of carbonyl (C=O) groups is 1. The Morgan fingerprint density at radius 1 is 1.33 bits per heavy atom. The summed E-state index contributed by atoms with van der Waals surface area (Å²) in [5, 5.41) is 17.3. The number of anilines is 1. The normalized spacial score (nSPS) is 11.3. The number of phenols is 1. The van der Waals surface area contributed by atoms with Crippen molar-refractivity contribution in [2.45, 2.75) is 73.1 Å². The summed E-state index contributed by atoms with van der Waals surface area (Å²) in [6, 6.07) is 3.77. The van der Waals surface area contributed by atoms with E-state index in [1.165, 1.54) is 0 Å². The van der Waals surface area contributed by atoms with E-state index in [-0.39, 0.29) is 22.9 Å². The van der Waals surface area contributed by atoms with Crippen LogP contribution in [0.2, 0.25) is 0 Å². The Bertz CT molecular complexity index is 656. The van der Waals surface area contributed by atoms with Crippen LogP contribution in [0.4, 0.5) is 5.69 Å². The van der Waals surface area contributed by atoms with Crippen LogP contribution in [0.3, 0.4) is 0 Å². The molecule has 0 aliphatic rings. The number of nitrogens with one attached hydrogen (secondary N) is 2. The van der Waals surface area contributed by atoms with E-state index in [4.69, 9.17) is 11.3 Å². The zero-order valence-electron chi connectivity index (χ0n) is 17.9. The van der Waals surface area contributed by atoms with Crippen molar-refractivity contribution in [3.63, 3.8) is 0 Å². The molecule has 0 amide bonds. The molecule has 0 bridgehead atoms. The van der Waals surface area contributed by atoms with Crippen LogP contribution in [0, 0.1) is 11.3 Å². The molecule has 0 atom stereocenters. The summed E-state index contributed by atoms with van der Waals surface area (Å²) in [4.78, 5) is 11.7. The predicted molar refractivity (Wildman–Crippen MR) is 116 cm³/mol. The van der Waals surface area contributed by atoms with Crippen molar-refractivity contribution in [1.29, 1.82) is 5.41 Å². The Kier molecular flexibility index (Phi) is 10.6. The summed E-state index contributed by atoms with van der Waals surface area (Å²) in [6.45, 7) is 13.8. The third-order valence-corrected chi connectivity index (χ3v) is 4.19. The minimum atomic E-state index is -0.187. The first-order valence-corrected chi connectivity index (χ1v) is 9.53. The summed E-state index contributed by atoms with van der Waals surface area (Å²) in [6.07, 6.45) is 5.70. The molecule has 0 spiro atoms. The molecule has 0 radical (unpaired) electrons. The van der Waals surface area contributed by atoms with Crippen LogP contribution in [0.5, 0.6) is 5.75 Å². The Labute approximate surface area is 164 Å². The average molecular weight is 376 g/mol. The molecule has 27 heavy (non-hydrogen) atoms. The molecule has 0 heterocycles. The monoisotopic (exact) mass is 375 g/mol. The Morgan fingerprint density at radius 2 is 1.93 bits per heavy atom. The van der Waals surface area contributed by atoms with Crippen LogP contribution in [0.1, 0.15) is 72.4 Å². The second-order valence-electron chi connectivity index (χ2n) is 7.93. The fourth-order valence-corrected chi connectivity index (χ4v) is 2.40. The maximum Gasteiger partial charge on any atom is 0.143 e. The van der Waals surface area contributed by atoms with E-state index in [9.17, 15) is 9.90 Å². The molecule has 0 saturated carbocycles. The van der Waals surface area contributed by atoms with Gasteiger partial charge in [0.1, 0.15) is 11.5 Å². The van der Waals surface area contributed by atoms with Gasteiger partial charge in [-0.25, -0.2) is 0 Å². The Balaban J connectivity index is 0.000000821. The molecule has 5 N–H and O–H groups in total. The smallest absolute Gasteiger partial charge is 0.143 e. The van der Waals surface area contributed by atoms with Gasteiger partial charge in [0.05, 0.1) is 5.69 Å². The Hall–Kier alpha value is -2.14. The zero-order chi connectivity index (χ0) is 21.2. The third-order valence-electron chi connectivity index (χ3n) is 4.19. The molecule has 0 unspecified atom stereocenters. The van der Waals surface area contributed by atoms with Crippen molar-refractivity contribution in [2.24, 2.45) is 11.8 Å². The number of benzene rings is 1. The average Bonchev–Trinajstić information content (AvgIpc) is 2.59. The van der Waals surface area contributed by atoms with Crippen molar-refractivity contribution < 1.29 is 9.90 Å². The number of rotatable bonds is 7. The van der Waals surface area contributed by atoms with E-state index in [0.29, 0.717) is 24.2 Å². The summed E-state index contributed by atoms with van der Waals surface area (Å²) < 4.78 is 0. The highest BCUT2D eigenvalue weighted by Crippen LogP contribution is 2.37. The highest BCUT2D eigenvalue weighted by molar-refractivity contribution is 5.91. The number of phenolic OH excluding ortho intramolecular Hbond substituents is 1. The molecule has 5 nitrogen and oxygen atoms in total. The lowest BCUT2D eigenvalue weighted by Gasteiger charge is -2.23. The van der Waals surface area contributed by atoms with Gasteiger partial charge in [-0.15, -0.1) is 0 Å². The predicted octanol–water partition coefficient (Wildman–Crippen LogP) is 5.13. The third kappa shape index (κ3) is 8.87. The summed E-state index contributed by atoms with van der Waals surface area (Å²) in [5.74, 6) is 5.94. The van der Waals surface area contributed by atoms with Gasteiger partial charge in [0, 0.05) is 23.6 Å². The second-order valence-corrected chi connectivity index (χ2v) is 7.93. The molecule has 152 valence electrons. The second kappa shape index (κ2) is 11.5. The number of nitrogen functional groups attached to an aromatic ring is 1. The van der Waals surface area contributed by atoms with E-state index < -0.39 is 0 Å². The van der Waals surface area contributed by atoms with Gasteiger partial charge in [0.25, 0.3) is 0 Å². The van der Waals surface area contributed by atoms with Gasteiger partial charge < -0.3 is 15.9 Å². The van der Waals surface area contributed by atoms with E-state index in [1.54, 1.807) is 12.1 Å². The van der Waals surface area contributed by atoms with Gasteiger partial charge in [-0.05, 0) is 42.9 Å². The van der Waals surface area contributed by atoms with Gasteiger partial charge in [-0.2, -0.15) is 0 Å². The van der Waals surface area contributed by atoms with E-state index in [2.05, 4.69) is 5.43 Å². The lowest BCUT2D eigenvalue weighted by Crippen LogP contribution is -2.15. The van der Waals surface area contributed by atoms with Crippen molar-refractivity contribution >= 4 is 17.2 Å². The standard InChI is InChI=1S/C16H26N2O2.C6H11N/c1-10(2)14(19)7-6-11-8-12(16(3,4)5)15(20)13(9-11)18-17;1-3-5-6(7)4-2/h8-10,18,20H,6-7,17H2,1-5H3;3,5,7H,4H2,1-2H3/b;5-3-,7-6?. The van der Waals surface area contributed by atoms with E-state index in [0.717, 1.165) is 17.5 Å². The number of aryl methyl sites for hydroxylation is 1. The van der Waals surface area contributed by atoms with Crippen LogP contribution in [-0.2, 0) is 16.6 Å². The zero-order valence-corrected chi connectivity index (χ0v) is 17.9. The van der Waals surface area contributed by atoms with Crippen LogP contribution in [0.15, 0.2) is 24.3 Å². The van der Waals surface area contributed by atoms with Gasteiger partial charge in [0.2, 0.25) is 0 Å². The molecule has 0 fully saturated rings. The number of aromatic hydroxyl groups is 1. The minimum absolute atomic E-state index is 0.0568. The van der Waals surface area contributed by atoms with Crippen LogP contribution < -0.4 is 11.3 Å². The van der Waals surface area contributed by atoms with E-state index >= 15 is 0 Å². The summed E-state index contributed by atoms with van der Waals surface area (Å²) >= 11 is 0. The molecule has 1 aromatic rings. The van der Waals surface area contributed by atoms with Gasteiger partial charge >= 0.3 is 0 Å². The lowest BCUT2D eigenvalue weighted by molar-refractivity contribution is -0.121. The topological polar surface area (TPSA) is 99.2 Å². The van der Waals surface area contributed by atoms with Gasteiger partial charge in [0.15, 0.2) is 0 Å². The maximum atomic E-state index is 11.7. The minimum Gasteiger partial charge on any atom is -0.505 e. The summed E-state index contributed by atoms with van der Waals surface area (Å²) in [7, 11) is 0. The van der Waals surface area contributed by atoms with Gasteiger partial charge in [-0.1, -0.05) is 53.7 Å². The lowest BCUT2D eigenvalue weighted by atomic mass is 9.84. The fraction of sp³-hybridized carbons (Fsp3) is 0.545. The number of Topliss-reactive ketones (excluding diaryl/α,β-unsaturated/α-hetero) is 1. The van der Waals surface area contributed by atoms with Crippen LogP contribution in [0.25, 0.3) is 0 Å². The number of allylic oxidation sites excluding steroid dienone is 2. The highest BCUT2D eigenvalue weighted by Gasteiger charge is 2.21. The van der Waals surface area contributed by atoms with Crippen LogP contribution >= 0.6 is 0 Å². The number of nitrogens with two attached hydrogens (primary N) is 1.